The fourth-order valence-electron chi connectivity index (χ4n) is 1.07. The number of anilines is 1. The van der Waals surface area contributed by atoms with Gasteiger partial charge in [-0.15, -0.1) is 0 Å². The fourth-order valence-corrected chi connectivity index (χ4v) is 1.32. The topological polar surface area (TPSA) is 67.2 Å². The molecule has 0 aliphatic carbocycles. The highest BCUT2D eigenvalue weighted by molar-refractivity contribution is 7.80. The summed E-state index contributed by atoms with van der Waals surface area (Å²) in [6.45, 7) is 2.57. The highest BCUT2D eigenvalue weighted by atomic mass is 32.1. The molecule has 5 nitrogen and oxygen atoms in total. The lowest BCUT2D eigenvalue weighted by atomic mass is 10.3. The van der Waals surface area contributed by atoms with Crippen LogP contribution in [-0.4, -0.2) is 16.6 Å². The zero-order valence-electron chi connectivity index (χ0n) is 8.19. The highest BCUT2D eigenvalue weighted by Gasteiger charge is 2.12. The van der Waals surface area contributed by atoms with Crippen LogP contribution in [-0.2, 0) is 0 Å². The van der Waals surface area contributed by atoms with Crippen molar-refractivity contribution < 1.29 is 4.92 Å². The van der Waals surface area contributed by atoms with Gasteiger partial charge in [-0.3, -0.25) is 10.1 Å². The first-order chi connectivity index (χ1) is 7.15. The minimum atomic E-state index is -0.448. The summed E-state index contributed by atoms with van der Waals surface area (Å²) in [6.07, 6.45) is 0. The Labute approximate surface area is 92.6 Å². The molecule has 6 heteroatoms. The van der Waals surface area contributed by atoms with Crippen LogP contribution < -0.4 is 10.6 Å². The predicted molar refractivity (Wildman–Crippen MR) is 63.0 cm³/mol. The standard InChI is InChI=1S/C9H11N3O2S/c1-2-10-9(15)11-7-5-3-4-6-8(7)12(13)14/h3-6H,2H2,1H3,(H2,10,11,15). The summed E-state index contributed by atoms with van der Waals surface area (Å²) < 4.78 is 0. The SMILES string of the molecule is CCNC(=S)Nc1ccccc1[N+](=O)[O-]. The van der Waals surface area contributed by atoms with Crippen molar-refractivity contribution in [3.05, 3.63) is 34.4 Å². The lowest BCUT2D eigenvalue weighted by Gasteiger charge is -2.08. The van der Waals surface area contributed by atoms with E-state index in [2.05, 4.69) is 10.6 Å². The van der Waals surface area contributed by atoms with E-state index in [1.807, 2.05) is 6.92 Å². The zero-order valence-corrected chi connectivity index (χ0v) is 9.00. The average molecular weight is 225 g/mol. The monoisotopic (exact) mass is 225 g/mol. The molecular weight excluding hydrogens is 214 g/mol. The molecule has 1 aromatic rings. The molecule has 2 N–H and O–H groups in total. The molecule has 0 atom stereocenters. The second kappa shape index (κ2) is 5.26. The third-order valence-electron chi connectivity index (χ3n) is 1.69. The van der Waals surface area contributed by atoms with Gasteiger partial charge in [-0.25, -0.2) is 0 Å². The smallest absolute Gasteiger partial charge is 0.292 e. The Morgan fingerprint density at radius 1 is 1.53 bits per heavy atom. The zero-order chi connectivity index (χ0) is 11.3. The summed E-state index contributed by atoms with van der Waals surface area (Å²) >= 11 is 4.94. The maximum absolute atomic E-state index is 10.7. The molecule has 0 saturated heterocycles. The number of nitro benzene ring substituents is 1. The van der Waals surface area contributed by atoms with Crippen molar-refractivity contribution in [2.45, 2.75) is 6.92 Å². The van der Waals surface area contributed by atoms with E-state index in [0.717, 1.165) is 0 Å². The van der Waals surface area contributed by atoms with Crippen molar-refractivity contribution in [3.8, 4) is 0 Å². The quantitative estimate of drug-likeness (QED) is 0.467. The van der Waals surface area contributed by atoms with Crippen molar-refractivity contribution >= 4 is 28.7 Å². The Hall–Kier alpha value is -1.69. The van der Waals surface area contributed by atoms with Crippen molar-refractivity contribution in [1.82, 2.24) is 5.32 Å². The lowest BCUT2D eigenvalue weighted by Crippen LogP contribution is -2.28. The van der Waals surface area contributed by atoms with Crippen LogP contribution in [0, 0.1) is 10.1 Å². The maximum atomic E-state index is 10.7. The second-order valence-corrected chi connectivity index (χ2v) is 3.17. The van der Waals surface area contributed by atoms with E-state index < -0.39 is 4.92 Å². The van der Waals surface area contributed by atoms with Gasteiger partial charge >= 0.3 is 0 Å². The van der Waals surface area contributed by atoms with Crippen LogP contribution >= 0.6 is 12.2 Å². The summed E-state index contributed by atoms with van der Waals surface area (Å²) in [5, 5.41) is 16.7. The maximum Gasteiger partial charge on any atom is 0.292 e. The van der Waals surface area contributed by atoms with Crippen LogP contribution in [0.1, 0.15) is 6.92 Å². The fraction of sp³-hybridized carbons (Fsp3) is 0.222. The minimum Gasteiger partial charge on any atom is -0.363 e. The molecule has 1 rings (SSSR count). The molecule has 15 heavy (non-hydrogen) atoms. The summed E-state index contributed by atoms with van der Waals surface area (Å²) in [4.78, 5) is 10.2. The molecule has 0 aliphatic heterocycles. The van der Waals surface area contributed by atoms with Crippen LogP contribution in [0.5, 0.6) is 0 Å². The Balaban J connectivity index is 2.84. The molecule has 0 unspecified atom stereocenters. The number of thiocarbonyl (C=S) groups is 1. The summed E-state index contributed by atoms with van der Waals surface area (Å²) in [7, 11) is 0. The predicted octanol–water partition coefficient (Wildman–Crippen LogP) is 1.90. The third-order valence-corrected chi connectivity index (χ3v) is 1.93. The lowest BCUT2D eigenvalue weighted by molar-refractivity contribution is -0.383. The molecule has 0 bridgehead atoms. The Bertz CT molecular complexity index is 381. The van der Waals surface area contributed by atoms with E-state index in [4.69, 9.17) is 12.2 Å². The molecule has 1 aromatic carbocycles. The second-order valence-electron chi connectivity index (χ2n) is 2.76. The summed E-state index contributed by atoms with van der Waals surface area (Å²) in [5.41, 5.74) is 0.409. The Kier molecular flexibility index (Phi) is 3.99. The van der Waals surface area contributed by atoms with E-state index in [1.165, 1.54) is 6.07 Å². The molecule has 0 aliphatic rings. The molecule has 0 amide bonds. The van der Waals surface area contributed by atoms with E-state index >= 15 is 0 Å². The normalized spacial score (nSPS) is 9.40. The van der Waals surface area contributed by atoms with Crippen LogP contribution in [0.2, 0.25) is 0 Å². The molecule has 0 spiro atoms. The molecule has 0 aromatic heterocycles. The van der Waals surface area contributed by atoms with Gasteiger partial charge in [-0.2, -0.15) is 0 Å². The molecule has 0 fully saturated rings. The first-order valence-electron chi connectivity index (χ1n) is 4.43. The van der Waals surface area contributed by atoms with Gasteiger partial charge in [-0.05, 0) is 25.2 Å². The largest absolute Gasteiger partial charge is 0.363 e. The van der Waals surface area contributed by atoms with E-state index in [-0.39, 0.29) is 5.69 Å². The van der Waals surface area contributed by atoms with Gasteiger partial charge in [0.25, 0.3) is 5.69 Å². The van der Waals surface area contributed by atoms with Gasteiger partial charge in [0.05, 0.1) is 4.92 Å². The van der Waals surface area contributed by atoms with Crippen molar-refractivity contribution in [3.63, 3.8) is 0 Å². The Morgan fingerprint density at radius 3 is 2.80 bits per heavy atom. The number of nitrogens with one attached hydrogen (secondary N) is 2. The van der Waals surface area contributed by atoms with Gasteiger partial charge in [0.15, 0.2) is 5.11 Å². The number of nitrogens with zero attached hydrogens (tertiary/aromatic N) is 1. The van der Waals surface area contributed by atoms with Gasteiger partial charge < -0.3 is 10.6 Å². The van der Waals surface area contributed by atoms with Crippen molar-refractivity contribution in [2.75, 3.05) is 11.9 Å². The van der Waals surface area contributed by atoms with E-state index in [9.17, 15) is 10.1 Å². The number of para-hydroxylation sites is 2. The number of hydrogen-bond acceptors (Lipinski definition) is 3. The molecule has 0 heterocycles. The van der Waals surface area contributed by atoms with Gasteiger partial charge in [0, 0.05) is 12.6 Å². The van der Waals surface area contributed by atoms with Gasteiger partial charge in [0.2, 0.25) is 0 Å². The van der Waals surface area contributed by atoms with Crippen LogP contribution in [0.25, 0.3) is 0 Å². The molecule has 80 valence electrons. The van der Waals surface area contributed by atoms with Crippen molar-refractivity contribution in [2.24, 2.45) is 0 Å². The van der Waals surface area contributed by atoms with Crippen molar-refractivity contribution in [1.29, 1.82) is 0 Å². The summed E-state index contributed by atoms with van der Waals surface area (Å²) in [5.74, 6) is 0. The number of nitro groups is 1. The number of rotatable bonds is 3. The van der Waals surface area contributed by atoms with Crippen LogP contribution in [0.4, 0.5) is 11.4 Å². The Morgan fingerprint density at radius 2 is 2.20 bits per heavy atom. The van der Waals surface area contributed by atoms with Gasteiger partial charge in [-0.1, -0.05) is 12.1 Å². The van der Waals surface area contributed by atoms with Crippen LogP contribution in [0.3, 0.4) is 0 Å². The first kappa shape index (κ1) is 11.4. The molecule has 0 saturated carbocycles. The highest BCUT2D eigenvalue weighted by Crippen LogP contribution is 2.22. The third kappa shape index (κ3) is 3.17. The molecular formula is C9H11N3O2S. The van der Waals surface area contributed by atoms with Crippen LogP contribution in [0.15, 0.2) is 24.3 Å². The number of benzene rings is 1. The minimum absolute atomic E-state index is 0.0118. The van der Waals surface area contributed by atoms with Gasteiger partial charge in [0.1, 0.15) is 5.69 Å². The first-order valence-corrected chi connectivity index (χ1v) is 4.84. The van der Waals surface area contributed by atoms with E-state index in [0.29, 0.717) is 17.3 Å². The number of hydrogen-bond donors (Lipinski definition) is 2. The van der Waals surface area contributed by atoms with E-state index in [1.54, 1.807) is 18.2 Å². The summed E-state index contributed by atoms with van der Waals surface area (Å²) in [6, 6.07) is 6.36. The average Bonchev–Trinajstić information content (AvgIpc) is 2.18. The molecule has 0 radical (unpaired) electrons.